The van der Waals surface area contributed by atoms with Gasteiger partial charge in [0.2, 0.25) is 5.13 Å². The summed E-state index contributed by atoms with van der Waals surface area (Å²) in [7, 11) is -1.40. The van der Waals surface area contributed by atoms with Gasteiger partial charge in [0.25, 0.3) is 0 Å². The van der Waals surface area contributed by atoms with Crippen LogP contribution in [0.4, 0.5) is 5.13 Å². The largest absolute Gasteiger partial charge is 0.535 e. The molecule has 1 aromatic carbocycles. The molecule has 29 heavy (non-hydrogen) atoms. The van der Waals surface area contributed by atoms with Crippen molar-refractivity contribution in [2.75, 3.05) is 0 Å². The van der Waals surface area contributed by atoms with Crippen molar-refractivity contribution in [3.63, 3.8) is 0 Å². The number of ketones is 1. The minimum atomic E-state index is -1.40. The Labute approximate surface area is 168 Å². The van der Waals surface area contributed by atoms with E-state index in [9.17, 15) is 24.9 Å². The monoisotopic (exact) mass is 417 g/mol. The maximum absolute atomic E-state index is 12.6. The summed E-state index contributed by atoms with van der Waals surface area (Å²) in [4.78, 5) is 31.7. The number of carboxylic acid groups (broad SMARTS) is 1. The minimum Gasteiger partial charge on any atom is -0.535 e. The topological polar surface area (TPSA) is 194 Å². The fourth-order valence-corrected chi connectivity index (χ4v) is 3.64. The van der Waals surface area contributed by atoms with Crippen molar-refractivity contribution >= 4 is 47.0 Å². The molecule has 3 rings (SSSR count). The molecule has 0 amide bonds. The third kappa shape index (κ3) is 4.36. The molecule has 1 aliphatic rings. The first-order valence-electron chi connectivity index (χ1n) is 8.30. The lowest BCUT2D eigenvalue weighted by Crippen LogP contribution is -2.36. The number of benzene rings is 1. The lowest BCUT2D eigenvalue weighted by atomic mass is 9.64. The summed E-state index contributed by atoms with van der Waals surface area (Å²) in [5, 5.41) is 33.4. The number of fused-ring (bicyclic) bond motifs is 1. The quantitative estimate of drug-likeness (QED) is 0.145. The van der Waals surface area contributed by atoms with E-state index in [2.05, 4.69) is 15.1 Å². The van der Waals surface area contributed by atoms with Crippen LogP contribution in [-0.2, 0) is 11.2 Å². The molecule has 13 heteroatoms. The average molecular weight is 417 g/mol. The number of hydrogen-bond acceptors (Lipinski definition) is 9. The van der Waals surface area contributed by atoms with Gasteiger partial charge in [-0.3, -0.25) is 4.79 Å². The molecular formula is C16H16BN5O6S. The van der Waals surface area contributed by atoms with Crippen LogP contribution in [0.5, 0.6) is 5.75 Å². The Balaban J connectivity index is 1.78. The van der Waals surface area contributed by atoms with E-state index >= 15 is 0 Å². The normalized spacial score (nSPS) is 16.0. The number of aromatic carboxylic acids is 1. The molecule has 0 bridgehead atoms. The number of guanidine groups is 1. The van der Waals surface area contributed by atoms with Crippen LogP contribution in [0.2, 0.25) is 5.82 Å². The molecule has 1 aromatic heterocycles. The number of nitrogens with two attached hydrogens (primary N) is 2. The maximum atomic E-state index is 12.6. The van der Waals surface area contributed by atoms with Gasteiger partial charge < -0.3 is 31.5 Å². The minimum absolute atomic E-state index is 0.0707. The van der Waals surface area contributed by atoms with Gasteiger partial charge >= 0.3 is 13.1 Å². The first-order chi connectivity index (χ1) is 13.8. The molecule has 150 valence electrons. The van der Waals surface area contributed by atoms with Gasteiger partial charge in [0.1, 0.15) is 11.4 Å². The van der Waals surface area contributed by atoms with Crippen molar-refractivity contribution in [2.45, 2.75) is 18.7 Å². The zero-order valence-corrected chi connectivity index (χ0v) is 15.7. The Morgan fingerprint density at radius 1 is 1.38 bits per heavy atom. The molecule has 0 saturated carbocycles. The predicted molar refractivity (Wildman–Crippen MR) is 105 cm³/mol. The summed E-state index contributed by atoms with van der Waals surface area (Å²) in [6.45, 7) is 0. The average Bonchev–Trinajstić information content (AvgIpc) is 3.09. The predicted octanol–water partition coefficient (Wildman–Crippen LogP) is 0.369. The van der Waals surface area contributed by atoms with Crippen LogP contribution in [0.3, 0.4) is 0 Å². The van der Waals surface area contributed by atoms with E-state index in [1.54, 1.807) is 12.1 Å². The van der Waals surface area contributed by atoms with Crippen LogP contribution in [0, 0.1) is 0 Å². The summed E-state index contributed by atoms with van der Waals surface area (Å²) in [6, 6.07) is 4.59. The second-order valence-corrected chi connectivity index (χ2v) is 7.04. The first kappa shape index (κ1) is 20.3. The molecule has 2 heterocycles. The van der Waals surface area contributed by atoms with Gasteiger partial charge in [0.05, 0.1) is 5.56 Å². The van der Waals surface area contributed by atoms with Gasteiger partial charge in [-0.1, -0.05) is 17.3 Å². The van der Waals surface area contributed by atoms with E-state index in [-0.39, 0.29) is 46.7 Å². The maximum Gasteiger partial charge on any atom is 0.526 e. The third-order valence-electron chi connectivity index (χ3n) is 4.22. The number of aromatic nitrogens is 1. The van der Waals surface area contributed by atoms with Crippen LogP contribution in [0.25, 0.3) is 0 Å². The van der Waals surface area contributed by atoms with Crippen molar-refractivity contribution in [2.24, 2.45) is 21.6 Å². The molecule has 1 atom stereocenters. The number of carbonyl (C=O) groups is 2. The molecule has 0 unspecified atom stereocenters. The SMILES string of the molecule is NC(N)=Nc1nc(/C(=N/O)C(=O)C[C@H]2Cc3cccc(C(=O)O)c3OB2O)cs1. The molecule has 0 saturated heterocycles. The highest BCUT2D eigenvalue weighted by Gasteiger charge is 2.38. The number of para-hydroxylation sites is 1. The Morgan fingerprint density at radius 2 is 2.14 bits per heavy atom. The third-order valence-corrected chi connectivity index (χ3v) is 4.96. The van der Waals surface area contributed by atoms with Crippen molar-refractivity contribution in [1.29, 1.82) is 0 Å². The van der Waals surface area contributed by atoms with E-state index in [0.717, 1.165) is 11.3 Å². The Kier molecular flexibility index (Phi) is 5.80. The zero-order chi connectivity index (χ0) is 21.1. The van der Waals surface area contributed by atoms with Gasteiger partial charge in [0, 0.05) is 17.6 Å². The summed E-state index contributed by atoms with van der Waals surface area (Å²) in [6.07, 6.45) is -0.00909. The van der Waals surface area contributed by atoms with E-state index in [1.807, 2.05) is 0 Å². The fourth-order valence-electron chi connectivity index (χ4n) is 2.95. The number of thiazole rings is 1. The molecule has 1 aliphatic heterocycles. The zero-order valence-electron chi connectivity index (χ0n) is 14.8. The van der Waals surface area contributed by atoms with Gasteiger partial charge in [-0.15, -0.1) is 11.3 Å². The summed E-state index contributed by atoms with van der Waals surface area (Å²) in [5.74, 6) is -2.57. The Hall–Kier alpha value is -3.45. The van der Waals surface area contributed by atoms with Crippen LogP contribution in [-0.4, -0.2) is 50.9 Å². The second kappa shape index (κ2) is 8.28. The molecule has 0 fully saturated rings. The number of rotatable bonds is 6. The lowest BCUT2D eigenvalue weighted by molar-refractivity contribution is -0.113. The molecule has 0 radical (unpaired) electrons. The second-order valence-electron chi connectivity index (χ2n) is 6.20. The van der Waals surface area contributed by atoms with E-state index < -0.39 is 24.7 Å². The molecule has 7 N–H and O–H groups in total. The highest BCUT2D eigenvalue weighted by molar-refractivity contribution is 7.13. The van der Waals surface area contributed by atoms with Crippen LogP contribution in [0.15, 0.2) is 33.7 Å². The summed E-state index contributed by atoms with van der Waals surface area (Å²) < 4.78 is 5.37. The van der Waals surface area contributed by atoms with E-state index in [1.165, 1.54) is 11.4 Å². The molecule has 0 aliphatic carbocycles. The number of Topliss-reactive ketones (excluding diaryl/α,β-unsaturated/α-hetero) is 1. The van der Waals surface area contributed by atoms with Crippen LogP contribution >= 0.6 is 11.3 Å². The number of carboxylic acids is 1. The number of nitrogens with zero attached hydrogens (tertiary/aromatic N) is 3. The van der Waals surface area contributed by atoms with Crippen LogP contribution < -0.4 is 16.1 Å². The highest BCUT2D eigenvalue weighted by atomic mass is 32.1. The van der Waals surface area contributed by atoms with E-state index in [4.69, 9.17) is 16.1 Å². The van der Waals surface area contributed by atoms with Crippen LogP contribution in [0.1, 0.15) is 28.0 Å². The summed E-state index contributed by atoms with van der Waals surface area (Å²) >= 11 is 1.05. The summed E-state index contributed by atoms with van der Waals surface area (Å²) in [5.41, 5.74) is 10.8. The van der Waals surface area contributed by atoms with Crippen molar-refractivity contribution in [3.05, 3.63) is 40.4 Å². The van der Waals surface area contributed by atoms with Gasteiger partial charge in [-0.25, -0.2) is 9.78 Å². The smallest absolute Gasteiger partial charge is 0.526 e. The molecule has 0 spiro atoms. The Bertz CT molecular complexity index is 1020. The fraction of sp³-hybridized carbons (Fsp3) is 0.188. The number of carbonyl (C=O) groups excluding carboxylic acids is 1. The van der Waals surface area contributed by atoms with Crippen molar-refractivity contribution in [1.82, 2.24) is 4.98 Å². The van der Waals surface area contributed by atoms with E-state index in [0.29, 0.717) is 5.56 Å². The van der Waals surface area contributed by atoms with Crippen molar-refractivity contribution < 1.29 is 29.6 Å². The molecule has 11 nitrogen and oxygen atoms in total. The van der Waals surface area contributed by atoms with Gasteiger partial charge in [0.15, 0.2) is 17.5 Å². The van der Waals surface area contributed by atoms with Gasteiger partial charge in [-0.2, -0.15) is 4.99 Å². The van der Waals surface area contributed by atoms with Gasteiger partial charge in [-0.05, 0) is 18.1 Å². The Morgan fingerprint density at radius 3 is 2.79 bits per heavy atom. The number of hydrogen-bond donors (Lipinski definition) is 5. The molecular weight excluding hydrogens is 401 g/mol. The molecule has 2 aromatic rings. The number of aliphatic imine (C=N–C) groups is 1. The standard InChI is InChI=1S/C16H16BN5O6S/c18-15(19)21-16-20-10(6-29-16)12(22-27)11(23)5-8-4-7-2-1-3-9(14(24)25)13(7)28-17(8)26/h1-3,6,8,26-27H,4-5H2,(H,24,25)(H4,18,19,20,21)/b22-12-/t8-/m1/s1. The first-order valence-corrected chi connectivity index (χ1v) is 9.18. The number of oxime groups is 1. The lowest BCUT2D eigenvalue weighted by Gasteiger charge is -2.27. The highest BCUT2D eigenvalue weighted by Crippen LogP contribution is 2.36. The van der Waals surface area contributed by atoms with Crippen molar-refractivity contribution in [3.8, 4) is 5.75 Å².